The van der Waals surface area contributed by atoms with E-state index in [2.05, 4.69) is 20.1 Å². The maximum atomic E-state index is 5.77. The highest BCUT2D eigenvalue weighted by Gasteiger charge is 2.14. The summed E-state index contributed by atoms with van der Waals surface area (Å²) in [7, 11) is 0. The van der Waals surface area contributed by atoms with Gasteiger partial charge in [0.25, 0.3) is 5.78 Å². The van der Waals surface area contributed by atoms with Gasteiger partial charge in [0.1, 0.15) is 5.76 Å². The minimum absolute atomic E-state index is 0.631. The van der Waals surface area contributed by atoms with E-state index in [0.717, 1.165) is 27.7 Å². The molecule has 0 atom stereocenters. The Morgan fingerprint density at radius 2 is 2.08 bits per heavy atom. The van der Waals surface area contributed by atoms with Crippen LogP contribution in [0.4, 0.5) is 0 Å². The largest absolute Gasteiger partial charge is 0.440 e. The molecule has 4 heterocycles. The van der Waals surface area contributed by atoms with Crippen molar-refractivity contribution in [1.82, 2.24) is 24.6 Å². The van der Waals surface area contributed by atoms with Crippen molar-refractivity contribution < 1.29 is 4.42 Å². The lowest BCUT2D eigenvalue weighted by Gasteiger charge is -1.97. The highest BCUT2D eigenvalue weighted by molar-refractivity contribution is 7.98. The molecular weight excluding hydrogens is 342 g/mol. The molecule has 4 rings (SSSR count). The predicted molar refractivity (Wildman–Crippen MR) is 94.4 cm³/mol. The summed E-state index contributed by atoms with van der Waals surface area (Å²) in [5.74, 6) is 2.80. The molecule has 0 amide bonds. The van der Waals surface area contributed by atoms with Gasteiger partial charge in [0.05, 0.1) is 10.6 Å². The second-order valence-electron chi connectivity index (χ2n) is 5.43. The fourth-order valence-electron chi connectivity index (χ4n) is 2.41. The third kappa shape index (κ3) is 2.83. The number of hydrogen-bond acceptors (Lipinski definition) is 7. The van der Waals surface area contributed by atoms with Crippen LogP contribution in [0.25, 0.3) is 16.5 Å². The van der Waals surface area contributed by atoms with Crippen LogP contribution in [0.5, 0.6) is 0 Å². The molecule has 0 unspecified atom stereocenters. The SMILES string of the molecule is Cc1cc(C)n2nc(SCc3nc(-c4cccs4)oc3C)nc2n1. The summed E-state index contributed by atoms with van der Waals surface area (Å²) in [6.07, 6.45) is 0. The molecule has 0 aliphatic rings. The van der Waals surface area contributed by atoms with Crippen molar-refractivity contribution >= 4 is 28.9 Å². The molecule has 0 N–H and O–H groups in total. The van der Waals surface area contributed by atoms with Crippen molar-refractivity contribution in [2.24, 2.45) is 0 Å². The van der Waals surface area contributed by atoms with Crippen LogP contribution < -0.4 is 0 Å². The van der Waals surface area contributed by atoms with Crippen LogP contribution in [0.2, 0.25) is 0 Å². The number of thiophene rings is 1. The lowest BCUT2D eigenvalue weighted by molar-refractivity contribution is 0.542. The van der Waals surface area contributed by atoms with Crippen molar-refractivity contribution in [3.05, 3.63) is 46.4 Å². The Morgan fingerprint density at radius 3 is 2.88 bits per heavy atom. The first-order valence-electron chi connectivity index (χ1n) is 7.44. The van der Waals surface area contributed by atoms with E-state index < -0.39 is 0 Å². The molecule has 24 heavy (non-hydrogen) atoms. The zero-order valence-electron chi connectivity index (χ0n) is 13.5. The third-order valence-electron chi connectivity index (χ3n) is 3.56. The summed E-state index contributed by atoms with van der Waals surface area (Å²) >= 11 is 3.16. The Kier molecular flexibility index (Phi) is 3.85. The van der Waals surface area contributed by atoms with Crippen LogP contribution in [-0.2, 0) is 5.75 Å². The maximum Gasteiger partial charge on any atom is 0.253 e. The maximum absolute atomic E-state index is 5.77. The Hall–Kier alpha value is -2.19. The van der Waals surface area contributed by atoms with Crippen LogP contribution in [0.1, 0.15) is 22.8 Å². The topological polar surface area (TPSA) is 69.1 Å². The highest BCUT2D eigenvalue weighted by atomic mass is 32.2. The van der Waals surface area contributed by atoms with Gasteiger partial charge in [-0.2, -0.15) is 4.98 Å². The summed E-state index contributed by atoms with van der Waals surface area (Å²) in [6, 6.07) is 5.99. The van der Waals surface area contributed by atoms with Gasteiger partial charge in [-0.05, 0) is 38.3 Å². The number of fused-ring (bicyclic) bond motifs is 1. The van der Waals surface area contributed by atoms with Gasteiger partial charge >= 0.3 is 0 Å². The number of aryl methyl sites for hydroxylation is 3. The van der Waals surface area contributed by atoms with Crippen molar-refractivity contribution in [3.63, 3.8) is 0 Å². The number of nitrogens with zero attached hydrogens (tertiary/aromatic N) is 5. The molecule has 0 saturated heterocycles. The number of thioether (sulfide) groups is 1. The molecule has 0 spiro atoms. The van der Waals surface area contributed by atoms with Crippen LogP contribution in [0.3, 0.4) is 0 Å². The molecule has 6 nitrogen and oxygen atoms in total. The zero-order chi connectivity index (χ0) is 16.7. The van der Waals surface area contributed by atoms with Gasteiger partial charge in [-0.25, -0.2) is 14.5 Å². The predicted octanol–water partition coefficient (Wildman–Crippen LogP) is 4.06. The summed E-state index contributed by atoms with van der Waals surface area (Å²) in [4.78, 5) is 14.5. The normalized spacial score (nSPS) is 11.5. The fraction of sp³-hybridized carbons (Fsp3) is 0.250. The molecule has 0 aliphatic carbocycles. The lowest BCUT2D eigenvalue weighted by atomic mass is 10.4. The smallest absolute Gasteiger partial charge is 0.253 e. The van der Waals surface area contributed by atoms with Crippen molar-refractivity contribution in [2.75, 3.05) is 0 Å². The number of aromatic nitrogens is 5. The second-order valence-corrected chi connectivity index (χ2v) is 7.32. The molecule has 0 aliphatic heterocycles. The standard InChI is InChI=1S/C16H15N5OS2/c1-9-7-10(2)21-15(17-9)19-16(20-21)24-8-12-11(3)22-14(18-12)13-5-4-6-23-13/h4-7H,8H2,1-3H3. The van der Waals surface area contributed by atoms with Crippen LogP contribution >= 0.6 is 23.1 Å². The average molecular weight is 357 g/mol. The van der Waals surface area contributed by atoms with Crippen LogP contribution in [0, 0.1) is 20.8 Å². The first-order chi connectivity index (χ1) is 11.6. The van der Waals surface area contributed by atoms with Gasteiger partial charge < -0.3 is 4.42 Å². The number of oxazole rings is 1. The van der Waals surface area contributed by atoms with E-state index in [1.54, 1.807) is 15.9 Å². The minimum atomic E-state index is 0.631. The first-order valence-corrected chi connectivity index (χ1v) is 9.30. The quantitative estimate of drug-likeness (QED) is 0.513. The van der Waals surface area contributed by atoms with Gasteiger partial charge in [0.2, 0.25) is 11.0 Å². The molecule has 4 aromatic rings. The Morgan fingerprint density at radius 1 is 1.21 bits per heavy atom. The third-order valence-corrected chi connectivity index (χ3v) is 5.27. The second kappa shape index (κ2) is 6.03. The van der Waals surface area contributed by atoms with E-state index in [1.807, 2.05) is 44.4 Å². The van der Waals surface area contributed by atoms with Gasteiger partial charge in [0, 0.05) is 17.1 Å². The fourth-order valence-corrected chi connectivity index (χ4v) is 3.88. The number of rotatable bonds is 4. The van der Waals surface area contributed by atoms with E-state index >= 15 is 0 Å². The van der Waals surface area contributed by atoms with Crippen molar-refractivity contribution in [2.45, 2.75) is 31.7 Å². The van der Waals surface area contributed by atoms with Crippen LogP contribution in [0.15, 0.2) is 33.2 Å². The molecule has 4 aromatic heterocycles. The van der Waals surface area contributed by atoms with Crippen molar-refractivity contribution in [3.8, 4) is 10.8 Å². The van der Waals surface area contributed by atoms with Gasteiger partial charge in [-0.1, -0.05) is 17.8 Å². The molecule has 0 radical (unpaired) electrons. The van der Waals surface area contributed by atoms with E-state index in [-0.39, 0.29) is 0 Å². The molecule has 0 bridgehead atoms. The van der Waals surface area contributed by atoms with Gasteiger partial charge in [-0.15, -0.1) is 16.4 Å². The summed E-state index contributed by atoms with van der Waals surface area (Å²) in [5, 5.41) is 7.21. The van der Waals surface area contributed by atoms with Gasteiger partial charge in [-0.3, -0.25) is 0 Å². The molecule has 0 saturated carbocycles. The van der Waals surface area contributed by atoms with E-state index in [1.165, 1.54) is 11.8 Å². The Labute approximate surface area is 147 Å². The zero-order valence-corrected chi connectivity index (χ0v) is 15.1. The van der Waals surface area contributed by atoms with E-state index in [4.69, 9.17) is 4.42 Å². The Balaban J connectivity index is 1.56. The molecular formula is C16H15N5OS2. The molecule has 8 heteroatoms. The van der Waals surface area contributed by atoms with E-state index in [9.17, 15) is 0 Å². The first kappa shape index (κ1) is 15.3. The Bertz CT molecular complexity index is 1000. The average Bonchev–Trinajstić information content (AvgIpc) is 3.24. The summed E-state index contributed by atoms with van der Waals surface area (Å²) in [6.45, 7) is 5.89. The highest BCUT2D eigenvalue weighted by Crippen LogP contribution is 2.28. The minimum Gasteiger partial charge on any atom is -0.440 e. The summed E-state index contributed by atoms with van der Waals surface area (Å²) in [5.41, 5.74) is 2.88. The monoisotopic (exact) mass is 357 g/mol. The van der Waals surface area contributed by atoms with Crippen molar-refractivity contribution in [1.29, 1.82) is 0 Å². The molecule has 122 valence electrons. The van der Waals surface area contributed by atoms with E-state index in [0.29, 0.717) is 22.6 Å². The number of hydrogen-bond donors (Lipinski definition) is 0. The molecule has 0 aromatic carbocycles. The van der Waals surface area contributed by atoms with Crippen LogP contribution in [-0.4, -0.2) is 24.6 Å². The lowest BCUT2D eigenvalue weighted by Crippen LogP contribution is -1.97. The molecule has 0 fully saturated rings. The van der Waals surface area contributed by atoms with Gasteiger partial charge in [0.15, 0.2) is 0 Å². The summed E-state index contributed by atoms with van der Waals surface area (Å²) < 4.78 is 7.53.